The Labute approximate surface area is 141 Å². The van der Waals surface area contributed by atoms with Gasteiger partial charge in [-0.25, -0.2) is 0 Å². The quantitative estimate of drug-likeness (QED) is 0.618. The fourth-order valence-electron chi connectivity index (χ4n) is 3.32. The van der Waals surface area contributed by atoms with Crippen molar-refractivity contribution in [3.8, 4) is 5.75 Å². The average Bonchev–Trinajstić information content (AvgIpc) is 2.63. The maximum absolute atomic E-state index is 12.8. The lowest BCUT2D eigenvalue weighted by atomic mass is 9.86. The lowest BCUT2D eigenvalue weighted by molar-refractivity contribution is 0.102. The predicted molar refractivity (Wildman–Crippen MR) is 97.6 cm³/mol. The van der Waals surface area contributed by atoms with Gasteiger partial charge in [-0.15, -0.1) is 0 Å². The van der Waals surface area contributed by atoms with Gasteiger partial charge in [0, 0.05) is 11.1 Å². The summed E-state index contributed by atoms with van der Waals surface area (Å²) in [6.45, 7) is 0. The van der Waals surface area contributed by atoms with E-state index >= 15 is 0 Å². The van der Waals surface area contributed by atoms with Crippen molar-refractivity contribution in [2.24, 2.45) is 0 Å². The van der Waals surface area contributed by atoms with E-state index in [0.29, 0.717) is 0 Å². The number of Topliss-reactive ketones (excluding diaryl/α,β-unsaturated/α-hetero) is 1. The highest BCUT2D eigenvalue weighted by Crippen LogP contribution is 2.29. The molecule has 0 N–H and O–H groups in total. The summed E-state index contributed by atoms with van der Waals surface area (Å²) in [6.07, 6.45) is 3.67. The molecule has 0 amide bonds. The molecule has 2 nitrogen and oxygen atoms in total. The van der Waals surface area contributed by atoms with Crippen LogP contribution < -0.4 is 4.74 Å². The first-order valence-corrected chi connectivity index (χ1v) is 8.15. The molecule has 118 valence electrons. The zero-order valence-electron chi connectivity index (χ0n) is 13.6. The van der Waals surface area contributed by atoms with Crippen LogP contribution in [0.25, 0.3) is 16.8 Å². The molecule has 0 spiro atoms. The van der Waals surface area contributed by atoms with Gasteiger partial charge in [0.05, 0.1) is 7.11 Å². The Kier molecular flexibility index (Phi) is 3.66. The highest BCUT2D eigenvalue weighted by Gasteiger charge is 2.22. The van der Waals surface area contributed by atoms with Crippen LogP contribution in [0.3, 0.4) is 0 Å². The van der Waals surface area contributed by atoms with Gasteiger partial charge in [-0.05, 0) is 65.1 Å². The monoisotopic (exact) mass is 314 g/mol. The number of carbonyl (C=O) groups excluding carboxylic acids is 1. The molecule has 0 heterocycles. The van der Waals surface area contributed by atoms with Gasteiger partial charge in [0.15, 0.2) is 5.78 Å². The zero-order valence-corrected chi connectivity index (χ0v) is 13.6. The van der Waals surface area contributed by atoms with Gasteiger partial charge in [-0.2, -0.15) is 0 Å². The van der Waals surface area contributed by atoms with Gasteiger partial charge < -0.3 is 4.74 Å². The Hall–Kier alpha value is -2.87. The van der Waals surface area contributed by atoms with Crippen LogP contribution >= 0.6 is 0 Å². The van der Waals surface area contributed by atoms with Gasteiger partial charge in [0.2, 0.25) is 0 Å². The maximum atomic E-state index is 12.8. The fraction of sp³-hybridized carbons (Fsp3) is 0.136. The minimum atomic E-state index is 0.132. The Morgan fingerprint density at radius 3 is 2.58 bits per heavy atom. The smallest absolute Gasteiger partial charge is 0.189 e. The summed E-state index contributed by atoms with van der Waals surface area (Å²) >= 11 is 0. The molecule has 0 saturated carbocycles. The average molecular weight is 314 g/mol. The van der Waals surface area contributed by atoms with Crippen molar-refractivity contribution < 1.29 is 9.53 Å². The lowest BCUT2D eigenvalue weighted by Gasteiger charge is -2.18. The molecular weight excluding hydrogens is 296 g/mol. The molecule has 1 aliphatic carbocycles. The molecule has 3 aromatic rings. The molecule has 24 heavy (non-hydrogen) atoms. The predicted octanol–water partition coefficient (Wildman–Crippen LogP) is 5.06. The van der Waals surface area contributed by atoms with E-state index in [1.54, 1.807) is 7.11 Å². The molecular formula is C22H18O2. The van der Waals surface area contributed by atoms with Crippen LogP contribution in [-0.4, -0.2) is 12.9 Å². The second kappa shape index (κ2) is 5.97. The van der Waals surface area contributed by atoms with Crippen molar-refractivity contribution in [1.29, 1.82) is 0 Å². The molecule has 0 radical (unpaired) electrons. The van der Waals surface area contributed by atoms with Crippen molar-refractivity contribution in [1.82, 2.24) is 0 Å². The summed E-state index contributed by atoms with van der Waals surface area (Å²) < 4.78 is 5.25. The minimum absolute atomic E-state index is 0.132. The first-order chi connectivity index (χ1) is 11.7. The number of ether oxygens (including phenoxy) is 1. The standard InChI is InChI=1S/C22H18O2/c1-24-20-10-11-21-18(14-20)8-9-19(22(21)23)13-15-6-7-16-4-2-3-5-17(16)12-15/h2-7,10-14H,8-9H2,1H3/b19-13+. The van der Waals surface area contributed by atoms with Crippen LogP contribution in [-0.2, 0) is 6.42 Å². The molecule has 2 heteroatoms. The van der Waals surface area contributed by atoms with Crippen molar-refractivity contribution in [3.05, 3.63) is 82.9 Å². The number of ketones is 1. The maximum Gasteiger partial charge on any atom is 0.189 e. The van der Waals surface area contributed by atoms with Gasteiger partial charge in [0.1, 0.15) is 5.75 Å². The van der Waals surface area contributed by atoms with E-state index in [1.165, 1.54) is 10.8 Å². The summed E-state index contributed by atoms with van der Waals surface area (Å²) in [6, 6.07) is 20.3. The fourth-order valence-corrected chi connectivity index (χ4v) is 3.32. The second-order valence-corrected chi connectivity index (χ2v) is 6.13. The van der Waals surface area contributed by atoms with Crippen LogP contribution in [0.5, 0.6) is 5.75 Å². The minimum Gasteiger partial charge on any atom is -0.497 e. The number of hydrogen-bond donors (Lipinski definition) is 0. The van der Waals surface area contributed by atoms with Crippen LogP contribution in [0.2, 0.25) is 0 Å². The summed E-state index contributed by atoms with van der Waals surface area (Å²) in [5.41, 5.74) is 3.83. The Morgan fingerprint density at radius 1 is 0.917 bits per heavy atom. The topological polar surface area (TPSA) is 26.3 Å². The highest BCUT2D eigenvalue weighted by molar-refractivity contribution is 6.13. The molecule has 0 bridgehead atoms. The van der Waals surface area contributed by atoms with Crippen molar-refractivity contribution >= 4 is 22.6 Å². The van der Waals surface area contributed by atoms with E-state index in [9.17, 15) is 4.79 Å². The summed E-state index contributed by atoms with van der Waals surface area (Å²) in [5.74, 6) is 0.940. The van der Waals surface area contributed by atoms with Gasteiger partial charge in [-0.3, -0.25) is 4.79 Å². The molecule has 4 rings (SSSR count). The Morgan fingerprint density at radius 2 is 1.75 bits per heavy atom. The number of carbonyl (C=O) groups is 1. The lowest BCUT2D eigenvalue weighted by Crippen LogP contribution is -2.14. The van der Waals surface area contributed by atoms with E-state index in [-0.39, 0.29) is 5.78 Å². The number of allylic oxidation sites excluding steroid dienone is 1. The van der Waals surface area contributed by atoms with E-state index < -0.39 is 0 Å². The molecule has 1 aliphatic rings. The Bertz CT molecular complexity index is 967. The third-order valence-electron chi connectivity index (χ3n) is 4.63. The van der Waals surface area contributed by atoms with Crippen LogP contribution in [0.15, 0.2) is 66.2 Å². The first kappa shape index (κ1) is 14.7. The largest absolute Gasteiger partial charge is 0.497 e. The van der Waals surface area contributed by atoms with Crippen molar-refractivity contribution in [2.75, 3.05) is 7.11 Å². The third kappa shape index (κ3) is 2.61. The first-order valence-electron chi connectivity index (χ1n) is 8.15. The molecule has 3 aromatic carbocycles. The summed E-state index contributed by atoms with van der Waals surface area (Å²) in [5, 5.41) is 2.41. The molecule has 0 aromatic heterocycles. The summed E-state index contributed by atoms with van der Waals surface area (Å²) in [7, 11) is 1.65. The second-order valence-electron chi connectivity index (χ2n) is 6.13. The van der Waals surface area contributed by atoms with Gasteiger partial charge >= 0.3 is 0 Å². The molecule has 0 saturated heterocycles. The normalized spacial score (nSPS) is 15.5. The van der Waals surface area contributed by atoms with Crippen LogP contribution in [0.1, 0.15) is 27.9 Å². The van der Waals surface area contributed by atoms with E-state index in [1.807, 2.05) is 36.4 Å². The third-order valence-corrected chi connectivity index (χ3v) is 4.63. The van der Waals surface area contributed by atoms with Crippen LogP contribution in [0.4, 0.5) is 0 Å². The number of benzene rings is 3. The number of aryl methyl sites for hydroxylation is 1. The van der Waals surface area contributed by atoms with Gasteiger partial charge in [-0.1, -0.05) is 36.4 Å². The Balaban J connectivity index is 1.70. The number of hydrogen-bond acceptors (Lipinski definition) is 2. The molecule has 0 fully saturated rings. The SMILES string of the molecule is COc1ccc2c(c1)CC/C(=C\c1ccc3ccccc3c1)C2=O. The van der Waals surface area contributed by atoms with Crippen molar-refractivity contribution in [2.45, 2.75) is 12.8 Å². The summed E-state index contributed by atoms with van der Waals surface area (Å²) in [4.78, 5) is 12.8. The number of fused-ring (bicyclic) bond motifs is 2. The molecule has 0 unspecified atom stereocenters. The molecule has 0 aliphatic heterocycles. The molecule has 0 atom stereocenters. The van der Waals surface area contributed by atoms with Crippen LogP contribution in [0, 0.1) is 0 Å². The highest BCUT2D eigenvalue weighted by atomic mass is 16.5. The van der Waals surface area contributed by atoms with Gasteiger partial charge in [0.25, 0.3) is 0 Å². The zero-order chi connectivity index (χ0) is 16.5. The van der Waals surface area contributed by atoms with Crippen molar-refractivity contribution in [3.63, 3.8) is 0 Å². The van der Waals surface area contributed by atoms with E-state index in [2.05, 4.69) is 30.3 Å². The van der Waals surface area contributed by atoms with E-state index in [4.69, 9.17) is 4.74 Å². The number of methoxy groups -OCH3 is 1. The van der Waals surface area contributed by atoms with E-state index in [0.717, 1.165) is 40.9 Å². The number of rotatable bonds is 2.